The van der Waals surface area contributed by atoms with E-state index in [1.165, 1.54) is 32.2 Å². The summed E-state index contributed by atoms with van der Waals surface area (Å²) in [4.78, 5) is 2.46. The predicted octanol–water partition coefficient (Wildman–Crippen LogP) is 3.15. The Hall–Kier alpha value is -0.0400. The van der Waals surface area contributed by atoms with Gasteiger partial charge in [0.1, 0.15) is 0 Å². The molecule has 0 spiro atoms. The third-order valence-corrected chi connectivity index (χ3v) is 3.58. The smallest absolute Gasteiger partial charge is 0.00355 e. The van der Waals surface area contributed by atoms with Crippen molar-refractivity contribution in [2.75, 3.05) is 13.6 Å². The maximum atomic E-state index is 2.46. The molecule has 0 aromatic carbocycles. The van der Waals surface area contributed by atoms with Crippen LogP contribution in [0.3, 0.4) is 0 Å². The summed E-state index contributed by atoms with van der Waals surface area (Å²) < 4.78 is 0. The standard InChI is InChI=1S/C12H25N/c1-10(2)13(4)8-7-12-6-5-11(3)9-12/h10-12H,5-9H2,1-4H3. The number of hydrogen-bond acceptors (Lipinski definition) is 1. The van der Waals surface area contributed by atoms with Crippen molar-refractivity contribution in [3.05, 3.63) is 0 Å². The fourth-order valence-corrected chi connectivity index (χ4v) is 2.23. The van der Waals surface area contributed by atoms with E-state index in [4.69, 9.17) is 0 Å². The largest absolute Gasteiger partial charge is 0.304 e. The van der Waals surface area contributed by atoms with Crippen LogP contribution in [0.5, 0.6) is 0 Å². The van der Waals surface area contributed by atoms with Gasteiger partial charge < -0.3 is 4.90 Å². The molecule has 13 heavy (non-hydrogen) atoms. The zero-order valence-corrected chi connectivity index (χ0v) is 9.71. The highest BCUT2D eigenvalue weighted by Crippen LogP contribution is 2.32. The molecule has 1 aliphatic rings. The van der Waals surface area contributed by atoms with Gasteiger partial charge >= 0.3 is 0 Å². The Kier molecular flexibility index (Phi) is 4.24. The van der Waals surface area contributed by atoms with Crippen LogP contribution in [-0.4, -0.2) is 24.5 Å². The first-order valence-electron chi connectivity index (χ1n) is 5.79. The van der Waals surface area contributed by atoms with E-state index in [1.807, 2.05) is 0 Å². The SMILES string of the molecule is CC1CCC(CCN(C)C(C)C)C1. The van der Waals surface area contributed by atoms with Crippen molar-refractivity contribution in [2.24, 2.45) is 11.8 Å². The third-order valence-electron chi connectivity index (χ3n) is 3.58. The molecule has 0 radical (unpaired) electrons. The maximum Gasteiger partial charge on any atom is 0.00355 e. The first-order chi connectivity index (χ1) is 6.09. The van der Waals surface area contributed by atoms with Crippen LogP contribution in [0, 0.1) is 11.8 Å². The van der Waals surface area contributed by atoms with Gasteiger partial charge in [-0.3, -0.25) is 0 Å². The van der Waals surface area contributed by atoms with Crippen molar-refractivity contribution in [1.82, 2.24) is 4.90 Å². The minimum atomic E-state index is 0.707. The fraction of sp³-hybridized carbons (Fsp3) is 1.00. The minimum Gasteiger partial charge on any atom is -0.304 e. The number of rotatable bonds is 4. The van der Waals surface area contributed by atoms with Crippen LogP contribution in [0.2, 0.25) is 0 Å². The van der Waals surface area contributed by atoms with Gasteiger partial charge in [-0.15, -0.1) is 0 Å². The van der Waals surface area contributed by atoms with Crippen LogP contribution >= 0.6 is 0 Å². The van der Waals surface area contributed by atoms with Crippen LogP contribution < -0.4 is 0 Å². The molecule has 1 heteroatoms. The van der Waals surface area contributed by atoms with Gasteiger partial charge in [-0.1, -0.05) is 19.8 Å². The normalized spacial score (nSPS) is 29.1. The molecule has 1 nitrogen and oxygen atoms in total. The fourth-order valence-electron chi connectivity index (χ4n) is 2.23. The van der Waals surface area contributed by atoms with Crippen molar-refractivity contribution in [2.45, 2.75) is 52.5 Å². The molecular formula is C12H25N. The summed E-state index contributed by atoms with van der Waals surface area (Å²) in [7, 11) is 2.24. The number of hydrogen-bond donors (Lipinski definition) is 0. The van der Waals surface area contributed by atoms with E-state index >= 15 is 0 Å². The van der Waals surface area contributed by atoms with Crippen molar-refractivity contribution >= 4 is 0 Å². The third kappa shape index (κ3) is 3.68. The quantitative estimate of drug-likeness (QED) is 0.647. The molecule has 1 saturated carbocycles. The van der Waals surface area contributed by atoms with E-state index in [0.717, 1.165) is 11.8 Å². The van der Waals surface area contributed by atoms with Crippen molar-refractivity contribution in [1.29, 1.82) is 0 Å². The van der Waals surface area contributed by atoms with Crippen LogP contribution in [0.15, 0.2) is 0 Å². The highest BCUT2D eigenvalue weighted by Gasteiger charge is 2.21. The van der Waals surface area contributed by atoms with Crippen LogP contribution in [0.25, 0.3) is 0 Å². The van der Waals surface area contributed by atoms with E-state index in [1.54, 1.807) is 0 Å². The van der Waals surface area contributed by atoms with E-state index in [-0.39, 0.29) is 0 Å². The molecule has 2 unspecified atom stereocenters. The van der Waals surface area contributed by atoms with Crippen molar-refractivity contribution < 1.29 is 0 Å². The Morgan fingerprint density at radius 2 is 2.00 bits per heavy atom. The van der Waals surface area contributed by atoms with Gasteiger partial charge in [-0.25, -0.2) is 0 Å². The number of nitrogens with zero attached hydrogens (tertiary/aromatic N) is 1. The summed E-state index contributed by atoms with van der Waals surface area (Å²) in [6.45, 7) is 8.23. The Balaban J connectivity index is 2.12. The first-order valence-corrected chi connectivity index (χ1v) is 5.79. The van der Waals surface area contributed by atoms with Crippen LogP contribution in [0.4, 0.5) is 0 Å². The molecule has 0 aliphatic heterocycles. The lowest BCUT2D eigenvalue weighted by Gasteiger charge is -2.22. The highest BCUT2D eigenvalue weighted by atomic mass is 15.1. The molecule has 0 amide bonds. The predicted molar refractivity (Wildman–Crippen MR) is 58.9 cm³/mol. The summed E-state index contributed by atoms with van der Waals surface area (Å²) in [6, 6.07) is 0.707. The summed E-state index contributed by atoms with van der Waals surface area (Å²) in [5, 5.41) is 0. The monoisotopic (exact) mass is 183 g/mol. The van der Waals surface area contributed by atoms with Gasteiger partial charge in [0.25, 0.3) is 0 Å². The Morgan fingerprint density at radius 1 is 1.31 bits per heavy atom. The Bertz CT molecular complexity index is 142. The molecule has 0 bridgehead atoms. The lowest BCUT2D eigenvalue weighted by atomic mass is 10.0. The lowest BCUT2D eigenvalue weighted by Crippen LogP contribution is -2.28. The molecule has 2 atom stereocenters. The van der Waals surface area contributed by atoms with Gasteiger partial charge in [0.2, 0.25) is 0 Å². The first kappa shape index (κ1) is 11.0. The van der Waals surface area contributed by atoms with E-state index in [9.17, 15) is 0 Å². The van der Waals surface area contributed by atoms with Crippen LogP contribution in [0.1, 0.15) is 46.5 Å². The van der Waals surface area contributed by atoms with Crippen LogP contribution in [-0.2, 0) is 0 Å². The second-order valence-electron chi connectivity index (χ2n) is 5.15. The van der Waals surface area contributed by atoms with Gasteiger partial charge in [0.15, 0.2) is 0 Å². The molecule has 0 N–H and O–H groups in total. The second kappa shape index (κ2) is 4.99. The van der Waals surface area contributed by atoms with Crippen molar-refractivity contribution in [3.8, 4) is 0 Å². The Morgan fingerprint density at radius 3 is 2.46 bits per heavy atom. The zero-order chi connectivity index (χ0) is 9.84. The molecule has 78 valence electrons. The summed E-state index contributed by atoms with van der Waals surface area (Å²) in [6.07, 6.45) is 5.84. The molecule has 1 rings (SSSR count). The zero-order valence-electron chi connectivity index (χ0n) is 9.71. The summed E-state index contributed by atoms with van der Waals surface area (Å²) in [5.41, 5.74) is 0. The summed E-state index contributed by atoms with van der Waals surface area (Å²) >= 11 is 0. The van der Waals surface area contributed by atoms with E-state index in [0.29, 0.717) is 6.04 Å². The highest BCUT2D eigenvalue weighted by molar-refractivity contribution is 4.73. The second-order valence-corrected chi connectivity index (χ2v) is 5.15. The molecule has 1 fully saturated rings. The average Bonchev–Trinajstić information content (AvgIpc) is 2.47. The maximum absolute atomic E-state index is 2.46. The Labute approximate surface area is 83.5 Å². The van der Waals surface area contributed by atoms with Crippen molar-refractivity contribution in [3.63, 3.8) is 0 Å². The van der Waals surface area contributed by atoms with Gasteiger partial charge in [0.05, 0.1) is 0 Å². The molecule has 0 heterocycles. The topological polar surface area (TPSA) is 3.24 Å². The molecule has 0 aromatic rings. The molecule has 0 aromatic heterocycles. The molecule has 0 saturated heterocycles. The van der Waals surface area contributed by atoms with Gasteiger partial charge in [-0.05, 0) is 52.1 Å². The molecular weight excluding hydrogens is 158 g/mol. The minimum absolute atomic E-state index is 0.707. The molecule has 1 aliphatic carbocycles. The average molecular weight is 183 g/mol. The van der Waals surface area contributed by atoms with Gasteiger partial charge in [-0.2, -0.15) is 0 Å². The van der Waals surface area contributed by atoms with E-state index < -0.39 is 0 Å². The van der Waals surface area contributed by atoms with Gasteiger partial charge in [0, 0.05) is 6.04 Å². The summed E-state index contributed by atoms with van der Waals surface area (Å²) in [5.74, 6) is 2.02. The van der Waals surface area contributed by atoms with E-state index in [2.05, 4.69) is 32.7 Å². The lowest BCUT2D eigenvalue weighted by molar-refractivity contribution is 0.250.